The van der Waals surface area contributed by atoms with Gasteiger partial charge in [0.05, 0.1) is 10.3 Å². The Morgan fingerprint density at radius 2 is 2.04 bits per heavy atom. The lowest BCUT2D eigenvalue weighted by atomic mass is 10.3. The molecule has 0 aliphatic rings. The van der Waals surface area contributed by atoms with E-state index in [9.17, 15) is 9.59 Å². The van der Waals surface area contributed by atoms with Crippen LogP contribution in [0.15, 0.2) is 47.7 Å². The fourth-order valence-corrected chi connectivity index (χ4v) is 3.31. The van der Waals surface area contributed by atoms with E-state index in [1.54, 1.807) is 24.4 Å². The van der Waals surface area contributed by atoms with Gasteiger partial charge >= 0.3 is 0 Å². The van der Waals surface area contributed by atoms with Crippen LogP contribution in [0.5, 0.6) is 0 Å². The Labute approximate surface area is 139 Å². The van der Waals surface area contributed by atoms with E-state index in [4.69, 9.17) is 0 Å². The molecule has 1 N–H and O–H groups in total. The lowest BCUT2D eigenvalue weighted by molar-refractivity contribution is 0.102. The first-order chi connectivity index (χ1) is 11.6. The van der Waals surface area contributed by atoms with Gasteiger partial charge in [-0.3, -0.25) is 19.3 Å². The minimum atomic E-state index is -0.366. The van der Waals surface area contributed by atoms with Crippen molar-refractivity contribution >= 4 is 39.1 Å². The molecule has 0 aliphatic heterocycles. The third kappa shape index (κ3) is 2.33. The van der Waals surface area contributed by atoms with Crippen molar-refractivity contribution in [2.24, 2.45) is 0 Å². The molecule has 0 spiro atoms. The minimum absolute atomic E-state index is 0.190. The molecular formula is C16H11N5O2S. The lowest BCUT2D eigenvalue weighted by Gasteiger charge is -2.02. The number of rotatable bonds is 2. The molecule has 0 bridgehead atoms. The smallest absolute Gasteiger partial charge is 0.268 e. The second-order valence-corrected chi connectivity index (χ2v) is 6.19. The highest BCUT2D eigenvalue weighted by molar-refractivity contribution is 7.20. The average molecular weight is 337 g/mol. The van der Waals surface area contributed by atoms with Crippen LogP contribution in [-0.4, -0.2) is 25.3 Å². The van der Waals surface area contributed by atoms with Crippen molar-refractivity contribution in [2.75, 3.05) is 5.32 Å². The lowest BCUT2D eigenvalue weighted by Crippen LogP contribution is -2.15. The van der Waals surface area contributed by atoms with E-state index in [0.717, 1.165) is 5.56 Å². The van der Waals surface area contributed by atoms with Gasteiger partial charge in [-0.15, -0.1) is 11.3 Å². The summed E-state index contributed by atoms with van der Waals surface area (Å²) in [4.78, 5) is 38.3. The molecule has 0 saturated heterocycles. The summed E-state index contributed by atoms with van der Waals surface area (Å²) in [5.74, 6) is -0.153. The van der Waals surface area contributed by atoms with Crippen molar-refractivity contribution in [1.82, 2.24) is 19.4 Å². The molecule has 24 heavy (non-hydrogen) atoms. The highest BCUT2D eigenvalue weighted by Crippen LogP contribution is 2.23. The third-order valence-corrected chi connectivity index (χ3v) is 4.57. The van der Waals surface area contributed by atoms with E-state index in [1.807, 2.05) is 13.0 Å². The molecule has 1 amide bonds. The summed E-state index contributed by atoms with van der Waals surface area (Å²) in [6.45, 7) is 1.89. The van der Waals surface area contributed by atoms with Crippen molar-refractivity contribution < 1.29 is 4.79 Å². The van der Waals surface area contributed by atoms with Gasteiger partial charge in [-0.2, -0.15) is 0 Å². The first-order valence-corrected chi connectivity index (χ1v) is 7.95. The zero-order chi connectivity index (χ0) is 16.7. The summed E-state index contributed by atoms with van der Waals surface area (Å²) in [6.07, 6.45) is 4.75. The van der Waals surface area contributed by atoms with Crippen LogP contribution in [-0.2, 0) is 0 Å². The fraction of sp³-hybridized carbons (Fsp3) is 0.0625. The summed E-state index contributed by atoms with van der Waals surface area (Å²) in [5.41, 5.74) is 1.30. The van der Waals surface area contributed by atoms with Gasteiger partial charge in [0.2, 0.25) is 5.95 Å². The van der Waals surface area contributed by atoms with Crippen LogP contribution in [0, 0.1) is 6.92 Å². The molecule has 0 aliphatic carbocycles. The molecule has 0 fully saturated rings. The van der Waals surface area contributed by atoms with E-state index in [2.05, 4.69) is 20.3 Å². The van der Waals surface area contributed by atoms with Crippen LogP contribution in [0.25, 0.3) is 15.9 Å². The first kappa shape index (κ1) is 14.5. The first-order valence-electron chi connectivity index (χ1n) is 7.13. The minimum Gasteiger partial charge on any atom is -0.290 e. The Bertz CT molecular complexity index is 1130. The summed E-state index contributed by atoms with van der Waals surface area (Å²) in [6, 6.07) is 6.90. The summed E-state index contributed by atoms with van der Waals surface area (Å²) in [7, 11) is 0. The fourth-order valence-electron chi connectivity index (χ4n) is 2.40. The molecule has 4 aromatic rings. The van der Waals surface area contributed by atoms with Gasteiger partial charge in [0.25, 0.3) is 11.5 Å². The number of carbonyl (C=O) groups excluding carboxylic acids is 1. The predicted molar refractivity (Wildman–Crippen MR) is 91.6 cm³/mol. The van der Waals surface area contributed by atoms with Gasteiger partial charge in [0.1, 0.15) is 10.5 Å². The number of aryl methyl sites for hydroxylation is 1. The highest BCUT2D eigenvalue weighted by Gasteiger charge is 2.16. The molecule has 4 rings (SSSR count). The molecule has 8 heteroatoms. The Balaban J connectivity index is 1.82. The number of pyridine rings is 1. The van der Waals surface area contributed by atoms with Crippen molar-refractivity contribution in [2.45, 2.75) is 6.92 Å². The number of aromatic nitrogens is 4. The van der Waals surface area contributed by atoms with Crippen molar-refractivity contribution in [3.63, 3.8) is 0 Å². The van der Waals surface area contributed by atoms with Crippen LogP contribution in [0.2, 0.25) is 0 Å². The SMILES string of the molecule is Cc1cccn2c(=O)c3cc(C(=O)Nc4ncccn4)sc3nc12. The van der Waals surface area contributed by atoms with E-state index in [1.165, 1.54) is 28.1 Å². The number of anilines is 1. The number of nitrogens with zero attached hydrogens (tertiary/aromatic N) is 4. The monoisotopic (exact) mass is 337 g/mol. The van der Waals surface area contributed by atoms with E-state index in [0.29, 0.717) is 20.7 Å². The maximum Gasteiger partial charge on any atom is 0.268 e. The number of nitrogens with one attached hydrogen (secondary N) is 1. The largest absolute Gasteiger partial charge is 0.290 e. The number of carbonyl (C=O) groups is 1. The number of thiophene rings is 1. The number of amides is 1. The molecule has 0 saturated carbocycles. The Morgan fingerprint density at radius 1 is 1.25 bits per heavy atom. The summed E-state index contributed by atoms with van der Waals surface area (Å²) < 4.78 is 1.49. The number of fused-ring (bicyclic) bond motifs is 2. The van der Waals surface area contributed by atoms with Crippen LogP contribution < -0.4 is 10.9 Å². The van der Waals surface area contributed by atoms with Crippen LogP contribution in [0.4, 0.5) is 5.95 Å². The van der Waals surface area contributed by atoms with Gasteiger partial charge in [-0.1, -0.05) is 6.07 Å². The van der Waals surface area contributed by atoms with E-state index < -0.39 is 0 Å². The zero-order valence-electron chi connectivity index (χ0n) is 12.6. The van der Waals surface area contributed by atoms with Crippen LogP contribution in [0.1, 0.15) is 15.2 Å². The molecular weight excluding hydrogens is 326 g/mol. The molecule has 0 aromatic carbocycles. The Hall–Kier alpha value is -3.13. The van der Waals surface area contributed by atoms with Gasteiger partial charge in [0, 0.05) is 18.6 Å². The molecule has 118 valence electrons. The quantitative estimate of drug-likeness (QED) is 0.606. The van der Waals surface area contributed by atoms with Gasteiger partial charge in [-0.25, -0.2) is 15.0 Å². The predicted octanol–water partition coefficient (Wildman–Crippen LogP) is 2.26. The van der Waals surface area contributed by atoms with Crippen molar-refractivity contribution in [3.8, 4) is 0 Å². The zero-order valence-corrected chi connectivity index (χ0v) is 13.4. The molecule has 0 radical (unpaired) electrons. The normalized spacial score (nSPS) is 11.0. The van der Waals surface area contributed by atoms with Gasteiger partial charge in [-0.05, 0) is 30.7 Å². The van der Waals surface area contributed by atoms with E-state index in [-0.39, 0.29) is 17.4 Å². The van der Waals surface area contributed by atoms with Crippen LogP contribution in [0.3, 0.4) is 0 Å². The van der Waals surface area contributed by atoms with Crippen molar-refractivity contribution in [3.05, 3.63) is 63.7 Å². The topological polar surface area (TPSA) is 89.2 Å². The summed E-state index contributed by atoms with van der Waals surface area (Å²) >= 11 is 1.17. The molecule has 7 nitrogen and oxygen atoms in total. The second kappa shape index (κ2) is 5.50. The van der Waals surface area contributed by atoms with Gasteiger partial charge in [0.15, 0.2) is 0 Å². The number of hydrogen-bond donors (Lipinski definition) is 1. The van der Waals surface area contributed by atoms with Crippen LogP contribution >= 0.6 is 11.3 Å². The Morgan fingerprint density at radius 3 is 2.83 bits per heavy atom. The van der Waals surface area contributed by atoms with Crippen molar-refractivity contribution in [1.29, 1.82) is 0 Å². The number of hydrogen-bond acceptors (Lipinski definition) is 6. The molecule has 4 heterocycles. The maximum atomic E-state index is 12.6. The second-order valence-electron chi connectivity index (χ2n) is 5.16. The standard InChI is InChI=1S/C16H11N5O2S/c1-9-4-2-7-21-12(9)19-14-10(15(21)23)8-11(24-14)13(22)20-16-17-5-3-6-18-16/h2-8H,1H3,(H,17,18,20,22). The Kier molecular flexibility index (Phi) is 3.31. The molecule has 0 unspecified atom stereocenters. The molecule has 4 aromatic heterocycles. The summed E-state index contributed by atoms with van der Waals surface area (Å²) in [5, 5.41) is 3.02. The van der Waals surface area contributed by atoms with E-state index >= 15 is 0 Å². The van der Waals surface area contributed by atoms with Gasteiger partial charge < -0.3 is 0 Å². The highest BCUT2D eigenvalue weighted by atomic mass is 32.1. The maximum absolute atomic E-state index is 12.6. The molecule has 0 atom stereocenters. The average Bonchev–Trinajstić information content (AvgIpc) is 3.02. The third-order valence-electron chi connectivity index (χ3n) is 3.55.